The third kappa shape index (κ3) is 8.05. The first-order chi connectivity index (χ1) is 30.2. The molecule has 338 valence electrons. The molecule has 7 heterocycles. The van der Waals surface area contributed by atoms with Crippen molar-refractivity contribution in [3.63, 3.8) is 0 Å². The van der Waals surface area contributed by atoms with E-state index in [2.05, 4.69) is 62.8 Å². The molecule has 0 radical (unpaired) electrons. The van der Waals surface area contributed by atoms with Crippen LogP contribution in [0.25, 0.3) is 21.8 Å². The second kappa shape index (κ2) is 17.0. The van der Waals surface area contributed by atoms with Crippen LogP contribution in [0.3, 0.4) is 0 Å². The fourth-order valence-electron chi connectivity index (χ4n) is 10.7. The van der Waals surface area contributed by atoms with Gasteiger partial charge in [-0.15, -0.1) is 0 Å². The van der Waals surface area contributed by atoms with Gasteiger partial charge in [0.1, 0.15) is 0 Å². The Balaban J connectivity index is 0.00000518. The second-order valence-electron chi connectivity index (χ2n) is 18.9. The van der Waals surface area contributed by atoms with Crippen LogP contribution < -0.4 is 36.0 Å². The van der Waals surface area contributed by atoms with Gasteiger partial charge >= 0.3 is 285 Å². The SMILES string of the molecule is Cn1nc(C2CCC(=O)NC2=O)c2ccc(N3C[CH2][In]([C](C)(C)C4CCN(c5ncc(Cl)c(Nc6ccc7c(c6)c6c(c(=O)n7C)OCC(F)(F)[C@H](C7CC7)N6)n5)CC4)[CH2]C3)cc21.O. The van der Waals surface area contributed by atoms with Gasteiger partial charge in [0.05, 0.1) is 17.2 Å². The van der Waals surface area contributed by atoms with E-state index < -0.39 is 51.5 Å². The minimum Gasteiger partial charge on any atom is -0.412 e. The van der Waals surface area contributed by atoms with Crippen LogP contribution in [0, 0.1) is 11.8 Å². The van der Waals surface area contributed by atoms with Crippen LogP contribution in [0.15, 0.2) is 47.4 Å². The summed E-state index contributed by atoms with van der Waals surface area (Å²) in [6, 6.07) is 10.8. The molecule has 2 aromatic carbocycles. The largest absolute Gasteiger partial charge is 0.412 e. The molecule has 19 heteroatoms. The van der Waals surface area contributed by atoms with E-state index in [0.29, 0.717) is 68.2 Å². The molecule has 0 spiro atoms. The zero-order chi connectivity index (χ0) is 43.9. The van der Waals surface area contributed by atoms with Gasteiger partial charge in [-0.2, -0.15) is 0 Å². The molecule has 1 aliphatic carbocycles. The monoisotopic (exact) mass is 1000 g/mol. The van der Waals surface area contributed by atoms with Gasteiger partial charge in [0.2, 0.25) is 5.75 Å². The molecule has 2 amide bonds. The molecule has 1 saturated carbocycles. The third-order valence-electron chi connectivity index (χ3n) is 14.8. The summed E-state index contributed by atoms with van der Waals surface area (Å²) in [6.07, 6.45) is 5.96. The number of amides is 2. The van der Waals surface area contributed by atoms with Gasteiger partial charge in [-0.25, -0.2) is 8.78 Å². The molecule has 4 fully saturated rings. The zero-order valence-electron chi connectivity index (χ0n) is 36.5. The Hall–Kier alpha value is -4.68. The number of anilines is 5. The fourth-order valence-corrected chi connectivity index (χ4v) is 22.4. The number of pyridine rings is 1. The van der Waals surface area contributed by atoms with E-state index in [0.717, 1.165) is 55.6 Å². The third-order valence-corrected chi connectivity index (χ3v) is 27.9. The molecule has 1 unspecified atom stereocenters. The van der Waals surface area contributed by atoms with Crippen molar-refractivity contribution in [3.8, 4) is 5.75 Å². The minimum atomic E-state index is -3.13. The zero-order valence-corrected chi connectivity index (χ0v) is 40.6. The molecule has 5 aromatic rings. The fraction of sp³-hybridized carbons (Fsp3) is 0.511. The van der Waals surface area contributed by atoms with E-state index in [-0.39, 0.29) is 34.6 Å². The number of halogens is 3. The number of aryl methyl sites for hydroxylation is 2. The van der Waals surface area contributed by atoms with Crippen molar-refractivity contribution < 1.29 is 28.6 Å². The number of fused-ring (bicyclic) bond motifs is 4. The number of hydrogen-bond acceptors (Lipinski definition) is 11. The number of alkyl halides is 2. The Labute approximate surface area is 382 Å². The number of aromatic nitrogens is 5. The molecule has 2 atom stereocenters. The molecule has 15 nitrogen and oxygen atoms in total. The van der Waals surface area contributed by atoms with E-state index in [1.54, 1.807) is 19.3 Å². The summed E-state index contributed by atoms with van der Waals surface area (Å²) in [4.78, 5) is 52.0. The van der Waals surface area contributed by atoms with Crippen molar-refractivity contribution in [2.75, 3.05) is 53.2 Å². The van der Waals surface area contributed by atoms with Crippen LogP contribution in [0.2, 0.25) is 16.5 Å². The van der Waals surface area contributed by atoms with Crippen molar-refractivity contribution >= 4 is 95.5 Å². The molecule has 0 bridgehead atoms. The molecule has 64 heavy (non-hydrogen) atoms. The number of carbonyl (C=O) groups is 2. The first-order valence-corrected chi connectivity index (χ1v) is 28.9. The second-order valence-corrected chi connectivity index (χ2v) is 30.8. The van der Waals surface area contributed by atoms with E-state index in [9.17, 15) is 14.4 Å². The molecule has 3 saturated heterocycles. The summed E-state index contributed by atoms with van der Waals surface area (Å²) in [7, 11) is 3.54. The maximum atomic E-state index is 15.2. The number of ether oxygens (including phenoxy) is 1. The molecule has 5 N–H and O–H groups in total. The predicted octanol–water partition coefficient (Wildman–Crippen LogP) is 6.54. The number of hydrogen-bond donors (Lipinski definition) is 3. The van der Waals surface area contributed by atoms with Crippen molar-refractivity contribution in [3.05, 3.63) is 63.7 Å². The van der Waals surface area contributed by atoms with Crippen LogP contribution in [0.1, 0.15) is 64.0 Å². The van der Waals surface area contributed by atoms with Gasteiger partial charge in [-0.05, 0) is 18.8 Å². The van der Waals surface area contributed by atoms with Crippen molar-refractivity contribution in [2.45, 2.75) is 81.8 Å². The van der Waals surface area contributed by atoms with Gasteiger partial charge in [0.25, 0.3) is 5.56 Å². The molecular weight excluding hydrogens is 949 g/mol. The normalized spacial score (nSPS) is 21.8. The molecule has 10 rings (SSSR count). The first kappa shape index (κ1) is 44.5. The minimum absolute atomic E-state index is 0. The van der Waals surface area contributed by atoms with Crippen LogP contribution in [-0.4, -0.2) is 108 Å². The van der Waals surface area contributed by atoms with Gasteiger partial charge in [0, 0.05) is 7.05 Å². The van der Waals surface area contributed by atoms with Crippen molar-refractivity contribution in [1.29, 1.82) is 0 Å². The summed E-state index contributed by atoms with van der Waals surface area (Å²) in [6.45, 7) is 8.01. The maximum absolute atomic E-state index is 15.2. The maximum Gasteiger partial charge on any atom is -0.412 e. The average molecular weight is 1000 g/mol. The summed E-state index contributed by atoms with van der Waals surface area (Å²) < 4.78 is 42.2. The van der Waals surface area contributed by atoms with E-state index in [1.807, 2.05) is 23.9 Å². The van der Waals surface area contributed by atoms with Crippen LogP contribution in [-0.2, 0) is 23.7 Å². The summed E-state index contributed by atoms with van der Waals surface area (Å²) >= 11 is 4.68. The average Bonchev–Trinajstić information content (AvgIpc) is 4.08. The molecule has 3 aromatic heterocycles. The van der Waals surface area contributed by atoms with Gasteiger partial charge in [-0.3, -0.25) is 9.59 Å². The molecule has 5 aliphatic rings. The van der Waals surface area contributed by atoms with Gasteiger partial charge in [0.15, 0.2) is 6.61 Å². The Kier molecular flexibility index (Phi) is 11.8. The smallest absolute Gasteiger partial charge is 0.412 e. The van der Waals surface area contributed by atoms with Crippen molar-refractivity contribution in [1.82, 2.24) is 29.6 Å². The first-order valence-electron chi connectivity index (χ1n) is 22.2. The van der Waals surface area contributed by atoms with E-state index in [1.165, 1.54) is 18.6 Å². The van der Waals surface area contributed by atoms with Crippen LogP contribution in [0.4, 0.5) is 37.6 Å². The number of nitrogens with one attached hydrogen (secondary N) is 3. The Morgan fingerprint density at radius 3 is 2.41 bits per heavy atom. The van der Waals surface area contributed by atoms with Crippen molar-refractivity contribution in [2.24, 2.45) is 25.9 Å². The van der Waals surface area contributed by atoms with Crippen LogP contribution >= 0.6 is 11.6 Å². The summed E-state index contributed by atoms with van der Waals surface area (Å²) in [5.74, 6) is -2.64. The Morgan fingerprint density at radius 1 is 0.938 bits per heavy atom. The van der Waals surface area contributed by atoms with E-state index in [4.69, 9.17) is 26.4 Å². The quantitative estimate of drug-likeness (QED) is 0.144. The molecular formula is C45H54ClF2InN10O5. The predicted molar refractivity (Wildman–Crippen MR) is 246 cm³/mol. The molecule has 4 aliphatic heterocycles. The summed E-state index contributed by atoms with van der Waals surface area (Å²) in [5.41, 5.74) is 3.96. The topological polar surface area (TPSA) is 183 Å². The Morgan fingerprint density at radius 2 is 1.69 bits per heavy atom. The number of piperidine rings is 2. The number of imide groups is 1. The standard InChI is InChI=1S/C28H32ClF2N6O2.C17H20N4O2.In.H2O/c1-15(2)16-8-10-37(11-9-16)27-32-13-20(29)25(35-27)33-18-6-7-21-19(12-18)22-23(26(38)36(21)3)39-14-28(30,31)24(34-22)17-4-5-17;1-4-21(5-2)11-6-7-12-14(10-11)20(3)19-16(12)13-8-9-15(22)18-17(13)23;;/h6-7,12-13,16-17,24,34H,4-5,8-11,14H2,1-3H3,(H,32,33,35);6-7,10,13H,1-2,4-5,8-9H2,3H3,(H,18,22,23);;1H2/t24-;;;/m0.../s1. The summed E-state index contributed by atoms with van der Waals surface area (Å²) in [5, 5.41) is 15.5. The number of nitrogens with zero attached hydrogens (tertiary/aromatic N) is 7. The number of benzene rings is 2. The Bertz CT molecular complexity index is 2710. The van der Waals surface area contributed by atoms with Crippen LogP contribution in [0.5, 0.6) is 5.75 Å². The van der Waals surface area contributed by atoms with Gasteiger partial charge < -0.3 is 20.1 Å². The van der Waals surface area contributed by atoms with Gasteiger partial charge in [-0.1, -0.05) is 0 Å². The van der Waals surface area contributed by atoms with E-state index >= 15 is 8.78 Å². The number of carbonyl (C=O) groups excluding carboxylic acids is 2. The number of rotatable bonds is 8.